The Labute approximate surface area is 160 Å². The monoisotopic (exact) mass is 365 g/mol. The van der Waals surface area contributed by atoms with Crippen LogP contribution in [0.3, 0.4) is 0 Å². The number of anilines is 3. The Morgan fingerprint density at radius 3 is 2.78 bits per heavy atom. The minimum absolute atomic E-state index is 0.101. The Morgan fingerprint density at radius 2 is 2.15 bits per heavy atom. The van der Waals surface area contributed by atoms with E-state index in [-0.39, 0.29) is 5.41 Å². The first-order valence-corrected chi connectivity index (χ1v) is 9.69. The van der Waals surface area contributed by atoms with Crippen LogP contribution in [0.4, 0.5) is 17.5 Å². The average molecular weight is 365 g/mol. The summed E-state index contributed by atoms with van der Waals surface area (Å²) in [6, 6.07) is 2.28. The standard InChI is InChI=1S/C20H27N7/c1-6-20(5)11-22-17-15(20)16(13-7-8-13)24-18(25-17)23-14-9-27(26-12(14)2)19(3,4)10-21/h9,13H,6-8,11H2,1-5H3,(H2,22,23,24,25). The SMILES string of the molecule is CCC1(C)CNc2nc(Nc3cn(C(C)(C)C#N)nc3C)nc(C3CC3)c21. The first-order chi connectivity index (χ1) is 12.8. The molecule has 0 radical (unpaired) electrons. The zero-order valence-electron chi connectivity index (χ0n) is 16.7. The summed E-state index contributed by atoms with van der Waals surface area (Å²) in [6.45, 7) is 11.0. The number of aromatic nitrogens is 4. The molecule has 7 heteroatoms. The lowest BCUT2D eigenvalue weighted by Gasteiger charge is -2.23. The van der Waals surface area contributed by atoms with Crippen LogP contribution < -0.4 is 10.6 Å². The molecule has 7 nitrogen and oxygen atoms in total. The van der Waals surface area contributed by atoms with Gasteiger partial charge >= 0.3 is 0 Å². The van der Waals surface area contributed by atoms with Gasteiger partial charge in [-0.05, 0) is 40.0 Å². The fourth-order valence-electron chi connectivity index (χ4n) is 3.62. The molecule has 1 fully saturated rings. The number of rotatable bonds is 5. The normalized spacial score (nSPS) is 21.5. The summed E-state index contributed by atoms with van der Waals surface area (Å²) in [5, 5.41) is 20.7. The number of nitrogens with one attached hydrogen (secondary N) is 2. The van der Waals surface area contributed by atoms with Crippen molar-refractivity contribution < 1.29 is 0 Å². The molecule has 2 N–H and O–H groups in total. The highest BCUT2D eigenvalue weighted by Gasteiger charge is 2.41. The average Bonchev–Trinajstić information content (AvgIpc) is 3.36. The zero-order chi connectivity index (χ0) is 19.4. The second-order valence-corrected chi connectivity index (χ2v) is 8.57. The molecule has 0 aromatic carbocycles. The third-order valence-corrected chi connectivity index (χ3v) is 5.92. The molecular formula is C20H27N7. The van der Waals surface area contributed by atoms with E-state index in [0.29, 0.717) is 11.9 Å². The third kappa shape index (κ3) is 2.93. The summed E-state index contributed by atoms with van der Waals surface area (Å²) in [6.07, 6.45) is 5.33. The molecule has 27 heavy (non-hydrogen) atoms. The van der Waals surface area contributed by atoms with Crippen LogP contribution in [0.5, 0.6) is 0 Å². The van der Waals surface area contributed by atoms with Gasteiger partial charge in [0.15, 0.2) is 0 Å². The fraction of sp³-hybridized carbons (Fsp3) is 0.600. The molecule has 0 bridgehead atoms. The minimum Gasteiger partial charge on any atom is -0.369 e. The van der Waals surface area contributed by atoms with Crippen LogP contribution in [-0.2, 0) is 11.0 Å². The molecule has 1 aliphatic carbocycles. The lowest BCUT2D eigenvalue weighted by molar-refractivity contribution is 0.416. The first-order valence-electron chi connectivity index (χ1n) is 9.69. The molecule has 1 unspecified atom stereocenters. The molecule has 2 aliphatic rings. The van der Waals surface area contributed by atoms with E-state index in [2.05, 4.69) is 35.6 Å². The number of aryl methyl sites for hydroxylation is 1. The smallest absolute Gasteiger partial charge is 0.229 e. The molecule has 0 amide bonds. The zero-order valence-corrected chi connectivity index (χ0v) is 16.7. The number of nitriles is 1. The summed E-state index contributed by atoms with van der Waals surface area (Å²) in [5.74, 6) is 2.11. The number of nitrogens with zero attached hydrogens (tertiary/aromatic N) is 5. The van der Waals surface area contributed by atoms with Gasteiger partial charge in [-0.15, -0.1) is 0 Å². The lowest BCUT2D eigenvalue weighted by Crippen LogP contribution is -2.24. The van der Waals surface area contributed by atoms with Crippen molar-refractivity contribution in [3.63, 3.8) is 0 Å². The molecule has 1 saturated carbocycles. The molecule has 2 aromatic heterocycles. The third-order valence-electron chi connectivity index (χ3n) is 5.92. The first kappa shape index (κ1) is 17.8. The van der Waals surface area contributed by atoms with Gasteiger partial charge in [-0.3, -0.25) is 4.68 Å². The summed E-state index contributed by atoms with van der Waals surface area (Å²) in [4.78, 5) is 9.67. The van der Waals surface area contributed by atoms with Gasteiger partial charge in [0.25, 0.3) is 0 Å². The quantitative estimate of drug-likeness (QED) is 0.833. The van der Waals surface area contributed by atoms with E-state index in [9.17, 15) is 5.26 Å². The number of fused-ring (bicyclic) bond motifs is 1. The van der Waals surface area contributed by atoms with E-state index in [1.807, 2.05) is 27.0 Å². The van der Waals surface area contributed by atoms with Crippen molar-refractivity contribution in [1.29, 1.82) is 5.26 Å². The number of hydrogen-bond donors (Lipinski definition) is 2. The van der Waals surface area contributed by atoms with Crippen LogP contribution in [-0.4, -0.2) is 26.3 Å². The van der Waals surface area contributed by atoms with Crippen molar-refractivity contribution in [3.8, 4) is 6.07 Å². The number of hydrogen-bond acceptors (Lipinski definition) is 6. The molecule has 0 spiro atoms. The second kappa shape index (κ2) is 5.95. The van der Waals surface area contributed by atoms with Gasteiger partial charge in [0, 0.05) is 23.4 Å². The van der Waals surface area contributed by atoms with E-state index in [0.717, 1.165) is 30.2 Å². The van der Waals surface area contributed by atoms with Crippen LogP contribution in [0.25, 0.3) is 0 Å². The highest BCUT2D eigenvalue weighted by atomic mass is 15.3. The van der Waals surface area contributed by atoms with E-state index >= 15 is 0 Å². The van der Waals surface area contributed by atoms with E-state index in [1.54, 1.807) is 4.68 Å². The van der Waals surface area contributed by atoms with E-state index in [1.165, 1.54) is 24.1 Å². The van der Waals surface area contributed by atoms with Crippen molar-refractivity contribution in [3.05, 3.63) is 23.1 Å². The summed E-state index contributed by atoms with van der Waals surface area (Å²) in [7, 11) is 0. The highest BCUT2D eigenvalue weighted by Crippen LogP contribution is 2.49. The topological polar surface area (TPSA) is 91.5 Å². The van der Waals surface area contributed by atoms with Crippen molar-refractivity contribution in [2.24, 2.45) is 0 Å². The van der Waals surface area contributed by atoms with Crippen LogP contribution >= 0.6 is 0 Å². The van der Waals surface area contributed by atoms with Crippen molar-refractivity contribution in [2.45, 2.75) is 70.8 Å². The Morgan fingerprint density at radius 1 is 1.41 bits per heavy atom. The van der Waals surface area contributed by atoms with Gasteiger partial charge in [-0.2, -0.15) is 15.3 Å². The van der Waals surface area contributed by atoms with Gasteiger partial charge in [0.05, 0.1) is 29.3 Å². The van der Waals surface area contributed by atoms with Crippen molar-refractivity contribution >= 4 is 17.5 Å². The Balaban J connectivity index is 1.71. The molecule has 3 heterocycles. The summed E-state index contributed by atoms with van der Waals surface area (Å²) in [5.41, 5.74) is 3.55. The van der Waals surface area contributed by atoms with Gasteiger partial charge in [0.2, 0.25) is 5.95 Å². The van der Waals surface area contributed by atoms with Crippen molar-refractivity contribution in [1.82, 2.24) is 19.7 Å². The second-order valence-electron chi connectivity index (χ2n) is 8.57. The Kier molecular flexibility index (Phi) is 3.91. The molecular weight excluding hydrogens is 338 g/mol. The predicted octanol–water partition coefficient (Wildman–Crippen LogP) is 3.95. The maximum absolute atomic E-state index is 9.36. The van der Waals surface area contributed by atoms with Gasteiger partial charge < -0.3 is 10.6 Å². The maximum atomic E-state index is 9.36. The fourth-order valence-corrected chi connectivity index (χ4v) is 3.62. The van der Waals surface area contributed by atoms with Gasteiger partial charge in [-0.1, -0.05) is 13.8 Å². The minimum atomic E-state index is -0.701. The molecule has 1 atom stereocenters. The molecule has 1 aliphatic heterocycles. The van der Waals surface area contributed by atoms with Crippen LogP contribution in [0.15, 0.2) is 6.20 Å². The Bertz CT molecular complexity index is 933. The largest absolute Gasteiger partial charge is 0.369 e. The summed E-state index contributed by atoms with van der Waals surface area (Å²) < 4.78 is 1.69. The molecule has 0 saturated heterocycles. The predicted molar refractivity (Wildman–Crippen MR) is 105 cm³/mol. The van der Waals surface area contributed by atoms with Crippen LogP contribution in [0, 0.1) is 18.3 Å². The lowest BCUT2D eigenvalue weighted by atomic mass is 9.81. The Hall–Kier alpha value is -2.62. The molecule has 2 aromatic rings. The van der Waals surface area contributed by atoms with Crippen LogP contribution in [0.1, 0.15) is 69.8 Å². The maximum Gasteiger partial charge on any atom is 0.229 e. The van der Waals surface area contributed by atoms with E-state index < -0.39 is 5.54 Å². The van der Waals surface area contributed by atoms with Gasteiger partial charge in [-0.25, -0.2) is 4.98 Å². The van der Waals surface area contributed by atoms with E-state index in [4.69, 9.17) is 9.97 Å². The molecule has 142 valence electrons. The van der Waals surface area contributed by atoms with Gasteiger partial charge in [0.1, 0.15) is 11.4 Å². The highest BCUT2D eigenvalue weighted by molar-refractivity contribution is 5.63. The van der Waals surface area contributed by atoms with Crippen LogP contribution in [0.2, 0.25) is 0 Å². The summed E-state index contributed by atoms with van der Waals surface area (Å²) >= 11 is 0. The van der Waals surface area contributed by atoms with Crippen molar-refractivity contribution in [2.75, 3.05) is 17.2 Å². The molecule has 4 rings (SSSR count).